The van der Waals surface area contributed by atoms with Crippen LogP contribution in [0.3, 0.4) is 0 Å². The minimum atomic E-state index is -1.10. The van der Waals surface area contributed by atoms with Crippen LogP contribution in [0.25, 0.3) is 0 Å². The van der Waals surface area contributed by atoms with E-state index in [1.807, 2.05) is 6.92 Å². The zero-order chi connectivity index (χ0) is 14.0. The highest BCUT2D eigenvalue weighted by Gasteiger charge is 2.41. The quantitative estimate of drug-likeness (QED) is 0.701. The van der Waals surface area contributed by atoms with Crippen molar-refractivity contribution in [1.29, 1.82) is 0 Å². The molecular weight excluding hydrogens is 252 g/mol. The molecule has 0 bridgehead atoms. The summed E-state index contributed by atoms with van der Waals surface area (Å²) in [7, 11) is 0. The molecule has 2 aliphatic rings. The zero-order valence-corrected chi connectivity index (χ0v) is 10.8. The molecule has 3 unspecified atom stereocenters. The summed E-state index contributed by atoms with van der Waals surface area (Å²) in [6.07, 6.45) is -0.124. The Morgan fingerprint density at radius 2 is 2.26 bits per heavy atom. The van der Waals surface area contributed by atoms with Gasteiger partial charge in [0.05, 0.1) is 6.42 Å². The fourth-order valence-corrected chi connectivity index (χ4v) is 2.52. The molecular formula is C12H18N2O5. The lowest BCUT2D eigenvalue weighted by Gasteiger charge is -2.36. The lowest BCUT2D eigenvalue weighted by Crippen LogP contribution is -2.60. The van der Waals surface area contributed by atoms with Crippen LogP contribution in [-0.4, -0.2) is 59.6 Å². The molecule has 2 rings (SSSR count). The highest BCUT2D eigenvalue weighted by atomic mass is 16.5. The summed E-state index contributed by atoms with van der Waals surface area (Å²) >= 11 is 0. The highest BCUT2D eigenvalue weighted by molar-refractivity contribution is 5.93. The summed E-state index contributed by atoms with van der Waals surface area (Å²) in [6, 6.07) is -0.935. The third-order valence-corrected chi connectivity index (χ3v) is 3.61. The third-order valence-electron chi connectivity index (χ3n) is 3.61. The Bertz CT molecular complexity index is 398. The van der Waals surface area contributed by atoms with Gasteiger partial charge in [0.2, 0.25) is 5.91 Å². The topological polar surface area (TPSA) is 95.9 Å². The van der Waals surface area contributed by atoms with Crippen LogP contribution in [0, 0.1) is 5.92 Å². The van der Waals surface area contributed by atoms with E-state index in [0.717, 1.165) is 6.42 Å². The van der Waals surface area contributed by atoms with E-state index < -0.39 is 24.0 Å². The second-order valence-corrected chi connectivity index (χ2v) is 4.99. The van der Waals surface area contributed by atoms with Gasteiger partial charge in [-0.05, 0) is 12.3 Å². The predicted molar refractivity (Wildman–Crippen MR) is 64.3 cm³/mol. The van der Waals surface area contributed by atoms with Crippen molar-refractivity contribution in [3.63, 3.8) is 0 Å². The molecule has 0 aromatic rings. The maximum absolute atomic E-state index is 12.4. The zero-order valence-electron chi connectivity index (χ0n) is 10.8. The molecule has 2 aliphatic heterocycles. The van der Waals surface area contributed by atoms with Crippen LogP contribution >= 0.6 is 0 Å². The third kappa shape index (κ3) is 2.86. The van der Waals surface area contributed by atoms with Gasteiger partial charge in [0.15, 0.2) is 0 Å². The van der Waals surface area contributed by atoms with Crippen molar-refractivity contribution in [2.24, 2.45) is 5.92 Å². The first kappa shape index (κ1) is 13.8. The van der Waals surface area contributed by atoms with Crippen molar-refractivity contribution in [3.8, 4) is 0 Å². The molecule has 2 fully saturated rings. The summed E-state index contributed by atoms with van der Waals surface area (Å²) in [5.41, 5.74) is 0. The van der Waals surface area contributed by atoms with Crippen LogP contribution < -0.4 is 5.32 Å². The number of piperazine rings is 1. The van der Waals surface area contributed by atoms with Gasteiger partial charge >= 0.3 is 5.97 Å². The molecule has 2 heterocycles. The number of amides is 2. The van der Waals surface area contributed by atoms with Gasteiger partial charge in [-0.1, -0.05) is 6.92 Å². The lowest BCUT2D eigenvalue weighted by atomic mass is 10.0. The summed E-state index contributed by atoms with van der Waals surface area (Å²) < 4.78 is 5.40. The fraction of sp³-hybridized carbons (Fsp3) is 0.750. The average Bonchev–Trinajstić information content (AvgIpc) is 2.77. The summed E-state index contributed by atoms with van der Waals surface area (Å²) in [5.74, 6) is -1.68. The minimum absolute atomic E-state index is 0.1000. The Kier molecular flexibility index (Phi) is 4.04. The Balaban J connectivity index is 2.12. The van der Waals surface area contributed by atoms with E-state index in [4.69, 9.17) is 9.84 Å². The van der Waals surface area contributed by atoms with Crippen molar-refractivity contribution in [2.45, 2.75) is 31.9 Å². The first-order valence-corrected chi connectivity index (χ1v) is 6.42. The molecule has 7 nitrogen and oxygen atoms in total. The van der Waals surface area contributed by atoms with E-state index >= 15 is 0 Å². The van der Waals surface area contributed by atoms with E-state index in [0.29, 0.717) is 19.7 Å². The molecule has 2 saturated heterocycles. The second kappa shape index (κ2) is 5.56. The number of nitrogens with one attached hydrogen (secondary N) is 1. The van der Waals surface area contributed by atoms with E-state index in [9.17, 15) is 14.4 Å². The molecule has 0 aromatic heterocycles. The van der Waals surface area contributed by atoms with Crippen LogP contribution in [0.1, 0.15) is 19.8 Å². The van der Waals surface area contributed by atoms with Crippen LogP contribution in [0.4, 0.5) is 0 Å². The molecule has 0 spiro atoms. The van der Waals surface area contributed by atoms with Crippen LogP contribution in [0.5, 0.6) is 0 Å². The molecule has 0 aliphatic carbocycles. The number of hydrogen-bond acceptors (Lipinski definition) is 4. The van der Waals surface area contributed by atoms with Crippen molar-refractivity contribution in [1.82, 2.24) is 10.2 Å². The number of carboxylic acids is 1. The van der Waals surface area contributed by atoms with Gasteiger partial charge in [-0.15, -0.1) is 0 Å². The van der Waals surface area contributed by atoms with E-state index in [-0.39, 0.29) is 18.2 Å². The Hall–Kier alpha value is -1.63. The molecule has 2 N–H and O–H groups in total. The number of carbonyl (C=O) groups is 3. The minimum Gasteiger partial charge on any atom is -0.481 e. The van der Waals surface area contributed by atoms with Gasteiger partial charge in [0.1, 0.15) is 12.1 Å². The number of rotatable bonds is 3. The lowest BCUT2D eigenvalue weighted by molar-refractivity contribution is -0.154. The normalized spacial score (nSPS) is 31.1. The Morgan fingerprint density at radius 3 is 2.84 bits per heavy atom. The van der Waals surface area contributed by atoms with Gasteiger partial charge in [-0.2, -0.15) is 0 Å². The average molecular weight is 270 g/mol. The van der Waals surface area contributed by atoms with Crippen molar-refractivity contribution in [3.05, 3.63) is 0 Å². The SMILES string of the molecule is CC1CCOC1C(=O)N1CCNC(=O)C1CC(=O)O. The van der Waals surface area contributed by atoms with E-state index in [1.165, 1.54) is 4.90 Å². The molecule has 3 atom stereocenters. The molecule has 19 heavy (non-hydrogen) atoms. The fourth-order valence-electron chi connectivity index (χ4n) is 2.52. The largest absolute Gasteiger partial charge is 0.481 e. The smallest absolute Gasteiger partial charge is 0.305 e. The molecule has 0 aromatic carbocycles. The first-order valence-electron chi connectivity index (χ1n) is 6.42. The molecule has 0 radical (unpaired) electrons. The molecule has 0 saturated carbocycles. The molecule has 2 amide bonds. The van der Waals surface area contributed by atoms with Gasteiger partial charge in [-0.3, -0.25) is 14.4 Å². The number of ether oxygens (including phenoxy) is 1. The maximum Gasteiger partial charge on any atom is 0.305 e. The Labute approximate surface area is 110 Å². The van der Waals surface area contributed by atoms with Crippen molar-refractivity contribution < 1.29 is 24.2 Å². The Morgan fingerprint density at radius 1 is 1.53 bits per heavy atom. The summed E-state index contributed by atoms with van der Waals surface area (Å²) in [6.45, 7) is 3.13. The van der Waals surface area contributed by atoms with Crippen molar-refractivity contribution >= 4 is 17.8 Å². The van der Waals surface area contributed by atoms with Crippen LogP contribution in [-0.2, 0) is 19.1 Å². The van der Waals surface area contributed by atoms with Gasteiger partial charge in [-0.25, -0.2) is 0 Å². The second-order valence-electron chi connectivity index (χ2n) is 4.99. The number of aliphatic carboxylic acids is 1. The summed E-state index contributed by atoms with van der Waals surface area (Å²) in [5, 5.41) is 11.4. The van der Waals surface area contributed by atoms with Crippen LogP contribution in [0.2, 0.25) is 0 Å². The van der Waals surface area contributed by atoms with Crippen molar-refractivity contribution in [2.75, 3.05) is 19.7 Å². The highest BCUT2D eigenvalue weighted by Crippen LogP contribution is 2.23. The molecule has 106 valence electrons. The van der Waals surface area contributed by atoms with Crippen LogP contribution in [0.15, 0.2) is 0 Å². The van der Waals surface area contributed by atoms with Gasteiger partial charge in [0.25, 0.3) is 5.91 Å². The standard InChI is InChI=1S/C12H18N2O5/c1-7-2-5-19-10(7)12(18)14-4-3-13-11(17)8(14)6-9(15)16/h7-8,10H,2-6H2,1H3,(H,13,17)(H,15,16). The number of carbonyl (C=O) groups excluding carboxylic acids is 2. The molecule has 7 heteroatoms. The first-order chi connectivity index (χ1) is 9.00. The number of carboxylic acid groups (broad SMARTS) is 1. The van der Waals surface area contributed by atoms with E-state index in [1.54, 1.807) is 0 Å². The maximum atomic E-state index is 12.4. The predicted octanol–water partition coefficient (Wildman–Crippen LogP) is -0.787. The number of hydrogen-bond donors (Lipinski definition) is 2. The van der Waals surface area contributed by atoms with E-state index in [2.05, 4.69) is 5.32 Å². The van der Waals surface area contributed by atoms with Gasteiger partial charge < -0.3 is 20.1 Å². The monoisotopic (exact) mass is 270 g/mol. The van der Waals surface area contributed by atoms with Gasteiger partial charge in [0, 0.05) is 19.7 Å². The number of nitrogens with zero attached hydrogens (tertiary/aromatic N) is 1. The summed E-state index contributed by atoms with van der Waals surface area (Å²) in [4.78, 5) is 36.3.